The SMILES string of the molecule is Oc1ccc2[nH]cc(C(c3ccc4ccc5ccc(C(c6c[nH]c7ccc(O)cc67)c6c[nH]c7ccc(O)cc67)nc5c4n3)c3c[nH]c4ccc(O)cc34)c2c1. The molecule has 0 unspecified atom stereocenters. The number of pyridine rings is 2. The maximum Gasteiger partial charge on any atom is 0.116 e. The third-order valence-corrected chi connectivity index (χ3v) is 11.2. The van der Waals surface area contributed by atoms with Crippen molar-refractivity contribution in [3.05, 3.63) is 168 Å². The van der Waals surface area contributed by atoms with Crippen molar-refractivity contribution < 1.29 is 20.4 Å². The summed E-state index contributed by atoms with van der Waals surface area (Å²) in [6.45, 7) is 0. The summed E-state index contributed by atoms with van der Waals surface area (Å²) in [7, 11) is 0. The van der Waals surface area contributed by atoms with E-state index < -0.39 is 11.8 Å². The summed E-state index contributed by atoms with van der Waals surface area (Å²) in [6.07, 6.45) is 7.85. The van der Waals surface area contributed by atoms with E-state index in [0.717, 1.165) is 99.1 Å². The van der Waals surface area contributed by atoms with Crippen LogP contribution >= 0.6 is 0 Å². The van der Waals surface area contributed by atoms with Crippen LogP contribution in [0.2, 0.25) is 0 Å². The molecular formula is C46H32N6O4. The number of H-pyrrole nitrogens is 4. The molecule has 11 rings (SSSR count). The molecular weight excluding hydrogens is 701 g/mol. The molecule has 0 saturated carbocycles. The largest absolute Gasteiger partial charge is 0.508 e. The first-order valence-corrected chi connectivity index (χ1v) is 18.3. The van der Waals surface area contributed by atoms with E-state index in [2.05, 4.69) is 44.2 Å². The highest BCUT2D eigenvalue weighted by Crippen LogP contribution is 2.43. The highest BCUT2D eigenvalue weighted by molar-refractivity contribution is 6.03. The van der Waals surface area contributed by atoms with Crippen LogP contribution in [0.3, 0.4) is 0 Å². The minimum atomic E-state index is -0.394. The van der Waals surface area contributed by atoms with Crippen LogP contribution in [0.25, 0.3) is 65.4 Å². The lowest BCUT2D eigenvalue weighted by Gasteiger charge is -2.19. The van der Waals surface area contributed by atoms with Crippen LogP contribution in [-0.4, -0.2) is 50.3 Å². The second kappa shape index (κ2) is 11.9. The fourth-order valence-electron chi connectivity index (χ4n) is 8.57. The van der Waals surface area contributed by atoms with Gasteiger partial charge in [-0.25, -0.2) is 9.97 Å². The predicted molar refractivity (Wildman–Crippen MR) is 219 cm³/mol. The van der Waals surface area contributed by atoms with Gasteiger partial charge in [-0.05, 0) is 107 Å². The molecule has 0 bridgehead atoms. The van der Waals surface area contributed by atoms with Gasteiger partial charge < -0.3 is 40.4 Å². The van der Waals surface area contributed by atoms with Gasteiger partial charge in [-0.3, -0.25) is 0 Å². The Morgan fingerprint density at radius 3 is 0.946 bits per heavy atom. The topological polar surface area (TPSA) is 170 Å². The Balaban J connectivity index is 1.16. The third-order valence-electron chi connectivity index (χ3n) is 11.2. The summed E-state index contributed by atoms with van der Waals surface area (Å²) in [6, 6.07) is 33.5. The summed E-state index contributed by atoms with van der Waals surface area (Å²) >= 11 is 0. The van der Waals surface area contributed by atoms with Gasteiger partial charge >= 0.3 is 0 Å². The van der Waals surface area contributed by atoms with E-state index in [4.69, 9.17) is 9.97 Å². The number of phenols is 4. The molecule has 0 fully saturated rings. The number of hydrogen-bond acceptors (Lipinski definition) is 6. The van der Waals surface area contributed by atoms with Crippen molar-refractivity contribution in [1.29, 1.82) is 0 Å². The molecule has 6 heterocycles. The lowest BCUT2D eigenvalue weighted by Crippen LogP contribution is -2.07. The Hall–Kier alpha value is -7.72. The van der Waals surface area contributed by atoms with Crippen LogP contribution in [0.5, 0.6) is 23.0 Å². The van der Waals surface area contributed by atoms with Crippen molar-refractivity contribution in [2.45, 2.75) is 11.8 Å². The highest BCUT2D eigenvalue weighted by atomic mass is 16.3. The standard InChI is InChI=1S/C46H32N6O4/c53-25-5-11-37-29(15-25)33(19-47-37)43(34-20-48-38-12-6-26(54)16-30(34)38)41-9-3-23-1-2-24-4-10-42(52-46(24)45(23)51-41)44(35-21-49-39-13-7-27(55)17-31(35)39)36-22-50-40-14-8-28(56)18-32(36)40/h1-22,43-44,47-50,53-56H. The van der Waals surface area contributed by atoms with Crippen LogP contribution in [0.15, 0.2) is 134 Å². The van der Waals surface area contributed by atoms with Gasteiger partial charge in [-0.1, -0.05) is 24.3 Å². The Morgan fingerprint density at radius 1 is 0.357 bits per heavy atom. The Kier molecular flexibility index (Phi) is 6.75. The number of aromatic amines is 4. The van der Waals surface area contributed by atoms with Gasteiger partial charge in [-0.2, -0.15) is 0 Å². The average Bonchev–Trinajstić information content (AvgIpc) is 4.01. The molecule has 0 amide bonds. The van der Waals surface area contributed by atoms with Gasteiger partial charge in [0, 0.05) is 79.2 Å². The molecule has 56 heavy (non-hydrogen) atoms. The van der Waals surface area contributed by atoms with Crippen LogP contribution in [0.1, 0.15) is 45.5 Å². The first-order valence-electron chi connectivity index (χ1n) is 18.3. The van der Waals surface area contributed by atoms with Crippen LogP contribution < -0.4 is 0 Å². The molecule has 0 saturated heterocycles. The zero-order chi connectivity index (χ0) is 37.7. The molecule has 6 aromatic heterocycles. The number of fused-ring (bicyclic) bond motifs is 7. The minimum Gasteiger partial charge on any atom is -0.508 e. The van der Waals surface area contributed by atoms with E-state index in [-0.39, 0.29) is 23.0 Å². The van der Waals surface area contributed by atoms with Crippen molar-refractivity contribution in [2.24, 2.45) is 0 Å². The summed E-state index contributed by atoms with van der Waals surface area (Å²) in [5.74, 6) is -0.146. The van der Waals surface area contributed by atoms with Crippen LogP contribution in [0, 0.1) is 0 Å². The highest BCUT2D eigenvalue weighted by Gasteiger charge is 2.28. The molecule has 0 radical (unpaired) electrons. The predicted octanol–water partition coefficient (Wildman–Crippen LogP) is 9.89. The first-order chi connectivity index (χ1) is 27.4. The molecule has 10 heteroatoms. The van der Waals surface area contributed by atoms with Crippen molar-refractivity contribution in [2.75, 3.05) is 0 Å². The van der Waals surface area contributed by atoms with Crippen LogP contribution in [-0.2, 0) is 0 Å². The van der Waals surface area contributed by atoms with E-state index in [1.807, 2.05) is 61.2 Å². The number of benzene rings is 5. The molecule has 0 aliphatic carbocycles. The first kappa shape index (κ1) is 31.8. The molecule has 8 N–H and O–H groups in total. The van der Waals surface area contributed by atoms with Gasteiger partial charge in [-0.15, -0.1) is 0 Å². The van der Waals surface area contributed by atoms with E-state index in [1.165, 1.54) is 0 Å². The van der Waals surface area contributed by atoms with Gasteiger partial charge in [0.2, 0.25) is 0 Å². The second-order valence-corrected chi connectivity index (χ2v) is 14.4. The number of phenolic OH excluding ortho intramolecular Hbond substituents is 4. The fourth-order valence-corrected chi connectivity index (χ4v) is 8.57. The zero-order valence-corrected chi connectivity index (χ0v) is 29.5. The Morgan fingerprint density at radius 2 is 0.643 bits per heavy atom. The molecule has 0 spiro atoms. The maximum atomic E-state index is 10.6. The second-order valence-electron chi connectivity index (χ2n) is 14.4. The van der Waals surface area contributed by atoms with Crippen molar-refractivity contribution in [1.82, 2.24) is 29.9 Å². The zero-order valence-electron chi connectivity index (χ0n) is 29.5. The Bertz CT molecular complexity index is 2970. The van der Waals surface area contributed by atoms with Gasteiger partial charge in [0.1, 0.15) is 23.0 Å². The van der Waals surface area contributed by atoms with Gasteiger partial charge in [0.25, 0.3) is 0 Å². The van der Waals surface area contributed by atoms with E-state index in [0.29, 0.717) is 0 Å². The van der Waals surface area contributed by atoms with Gasteiger partial charge in [0.05, 0.1) is 34.3 Å². The molecule has 0 aliphatic rings. The molecule has 11 aromatic rings. The van der Waals surface area contributed by atoms with Gasteiger partial charge in [0.15, 0.2) is 0 Å². The van der Waals surface area contributed by atoms with Crippen LogP contribution in [0.4, 0.5) is 0 Å². The molecule has 0 atom stereocenters. The summed E-state index contributed by atoms with van der Waals surface area (Å²) < 4.78 is 0. The van der Waals surface area contributed by atoms with E-state index in [1.54, 1.807) is 48.5 Å². The molecule has 10 nitrogen and oxygen atoms in total. The fraction of sp³-hybridized carbons (Fsp3) is 0.0435. The number of hydrogen-bond donors (Lipinski definition) is 8. The number of nitrogens with one attached hydrogen (secondary N) is 4. The smallest absolute Gasteiger partial charge is 0.116 e. The van der Waals surface area contributed by atoms with E-state index in [9.17, 15) is 20.4 Å². The van der Waals surface area contributed by atoms with Crippen molar-refractivity contribution >= 4 is 65.4 Å². The molecule has 5 aromatic carbocycles. The average molecular weight is 733 g/mol. The monoisotopic (exact) mass is 732 g/mol. The number of aromatic hydroxyl groups is 4. The lowest BCUT2D eigenvalue weighted by atomic mass is 9.86. The normalized spacial score (nSPS) is 12.2. The molecule has 270 valence electrons. The maximum absolute atomic E-state index is 10.6. The Labute approximate surface area is 317 Å². The third kappa shape index (κ3) is 4.89. The lowest BCUT2D eigenvalue weighted by molar-refractivity contribution is 0.475. The number of rotatable bonds is 6. The quantitative estimate of drug-likeness (QED) is 0.0791. The van der Waals surface area contributed by atoms with Crippen molar-refractivity contribution in [3.8, 4) is 23.0 Å². The summed E-state index contributed by atoms with van der Waals surface area (Å²) in [4.78, 5) is 24.4. The number of aromatic nitrogens is 6. The van der Waals surface area contributed by atoms with E-state index >= 15 is 0 Å². The molecule has 0 aliphatic heterocycles. The van der Waals surface area contributed by atoms with Crippen molar-refractivity contribution in [3.63, 3.8) is 0 Å². The summed E-state index contributed by atoms with van der Waals surface area (Å²) in [5.41, 5.74) is 10.2. The number of nitrogens with zero attached hydrogens (tertiary/aromatic N) is 2. The summed E-state index contributed by atoms with van der Waals surface area (Å²) in [5, 5.41) is 47.6. The minimum absolute atomic E-state index is 0.160.